The number of allylic oxidation sites excluding steroid dienone is 3. The molecule has 0 nitrogen and oxygen atoms in total. The van der Waals surface area contributed by atoms with Crippen LogP contribution in [0.2, 0.25) is 0 Å². The molecular formula is C9H15I. The highest BCUT2D eigenvalue weighted by Crippen LogP contribution is 2.14. The first-order valence-electron chi connectivity index (χ1n) is 3.63. The minimum Gasteiger partial charge on any atom is -0.0988 e. The highest BCUT2D eigenvalue weighted by molar-refractivity contribution is 14.1. The van der Waals surface area contributed by atoms with Crippen molar-refractivity contribution in [1.82, 2.24) is 0 Å². The van der Waals surface area contributed by atoms with E-state index in [9.17, 15) is 0 Å². The summed E-state index contributed by atoms with van der Waals surface area (Å²) in [5.41, 5.74) is 2.90. The van der Waals surface area contributed by atoms with E-state index in [1.807, 2.05) is 6.08 Å². The molecule has 0 saturated heterocycles. The quantitative estimate of drug-likeness (QED) is 0.405. The van der Waals surface area contributed by atoms with Gasteiger partial charge >= 0.3 is 0 Å². The maximum atomic E-state index is 3.75. The molecule has 0 fully saturated rings. The van der Waals surface area contributed by atoms with Crippen LogP contribution in [0.1, 0.15) is 26.7 Å². The molecule has 0 atom stereocenters. The zero-order valence-electron chi connectivity index (χ0n) is 6.78. The molecule has 0 aliphatic heterocycles. The Labute approximate surface area is 77.5 Å². The van der Waals surface area contributed by atoms with Gasteiger partial charge in [-0.25, -0.2) is 0 Å². The van der Waals surface area contributed by atoms with E-state index in [4.69, 9.17) is 0 Å². The van der Waals surface area contributed by atoms with Crippen LogP contribution < -0.4 is 0 Å². The molecule has 0 spiro atoms. The molecular weight excluding hydrogens is 235 g/mol. The van der Waals surface area contributed by atoms with Crippen molar-refractivity contribution < 1.29 is 0 Å². The Morgan fingerprint density at radius 2 is 2.20 bits per heavy atom. The minimum atomic E-state index is 1.14. The number of halogens is 1. The summed E-state index contributed by atoms with van der Waals surface area (Å²) in [7, 11) is 0. The standard InChI is InChI=1S/C9H15I/c1-4-6-9(7-10)8(3)5-2/h5H,2,4,6-7H2,1,3H3/b9-8+. The maximum absolute atomic E-state index is 3.75. The van der Waals surface area contributed by atoms with Crippen LogP contribution in [0.25, 0.3) is 0 Å². The van der Waals surface area contributed by atoms with Gasteiger partial charge in [-0.1, -0.05) is 59.7 Å². The molecule has 0 bridgehead atoms. The van der Waals surface area contributed by atoms with E-state index < -0.39 is 0 Å². The second-order valence-corrected chi connectivity index (χ2v) is 3.14. The Bertz CT molecular complexity index is 134. The van der Waals surface area contributed by atoms with E-state index in [1.54, 1.807) is 0 Å². The smallest absolute Gasteiger partial charge is 0.0211 e. The van der Waals surface area contributed by atoms with Crippen molar-refractivity contribution in [2.24, 2.45) is 0 Å². The molecule has 0 aromatic heterocycles. The monoisotopic (exact) mass is 250 g/mol. The van der Waals surface area contributed by atoms with Gasteiger partial charge in [0.1, 0.15) is 0 Å². The van der Waals surface area contributed by atoms with Gasteiger partial charge in [0, 0.05) is 4.43 Å². The second kappa shape index (κ2) is 5.96. The van der Waals surface area contributed by atoms with Gasteiger partial charge in [-0.3, -0.25) is 0 Å². The third-order valence-corrected chi connectivity index (χ3v) is 2.50. The van der Waals surface area contributed by atoms with Crippen LogP contribution in [0, 0.1) is 0 Å². The average Bonchev–Trinajstić information content (AvgIpc) is 1.99. The lowest BCUT2D eigenvalue weighted by atomic mass is 10.1. The summed E-state index contributed by atoms with van der Waals surface area (Å²) in [5.74, 6) is 0. The third kappa shape index (κ3) is 3.40. The summed E-state index contributed by atoms with van der Waals surface area (Å²) < 4.78 is 1.14. The maximum Gasteiger partial charge on any atom is 0.0211 e. The first-order valence-corrected chi connectivity index (χ1v) is 5.15. The van der Waals surface area contributed by atoms with Crippen molar-refractivity contribution in [3.63, 3.8) is 0 Å². The van der Waals surface area contributed by atoms with Gasteiger partial charge in [-0.05, 0) is 13.3 Å². The topological polar surface area (TPSA) is 0 Å². The van der Waals surface area contributed by atoms with Crippen molar-refractivity contribution in [1.29, 1.82) is 0 Å². The Morgan fingerprint density at radius 3 is 2.50 bits per heavy atom. The van der Waals surface area contributed by atoms with E-state index in [2.05, 4.69) is 43.0 Å². The fraction of sp³-hybridized carbons (Fsp3) is 0.556. The Kier molecular flexibility index (Phi) is 6.08. The van der Waals surface area contributed by atoms with Crippen LogP contribution in [0.4, 0.5) is 0 Å². The summed E-state index contributed by atoms with van der Waals surface area (Å²) in [6.45, 7) is 8.10. The molecule has 0 aliphatic carbocycles. The summed E-state index contributed by atoms with van der Waals surface area (Å²) >= 11 is 2.41. The van der Waals surface area contributed by atoms with E-state index in [-0.39, 0.29) is 0 Å². The Morgan fingerprint density at radius 1 is 1.60 bits per heavy atom. The van der Waals surface area contributed by atoms with Crippen molar-refractivity contribution in [2.45, 2.75) is 26.7 Å². The molecule has 0 amide bonds. The van der Waals surface area contributed by atoms with Crippen LogP contribution in [-0.4, -0.2) is 4.43 Å². The Hall–Kier alpha value is 0.210. The van der Waals surface area contributed by atoms with Crippen molar-refractivity contribution in [3.05, 3.63) is 23.8 Å². The molecule has 0 aromatic carbocycles. The molecule has 0 aromatic rings. The average molecular weight is 250 g/mol. The van der Waals surface area contributed by atoms with E-state index in [0.717, 1.165) is 4.43 Å². The van der Waals surface area contributed by atoms with E-state index in [1.165, 1.54) is 24.0 Å². The normalized spacial score (nSPS) is 12.7. The lowest BCUT2D eigenvalue weighted by Crippen LogP contribution is -1.87. The zero-order chi connectivity index (χ0) is 7.98. The summed E-state index contributed by atoms with van der Waals surface area (Å²) in [5, 5.41) is 0. The highest BCUT2D eigenvalue weighted by atomic mass is 127. The largest absolute Gasteiger partial charge is 0.0988 e. The lowest BCUT2D eigenvalue weighted by Gasteiger charge is -2.03. The van der Waals surface area contributed by atoms with Gasteiger partial charge < -0.3 is 0 Å². The second-order valence-electron chi connectivity index (χ2n) is 2.37. The zero-order valence-corrected chi connectivity index (χ0v) is 8.94. The van der Waals surface area contributed by atoms with Crippen LogP contribution in [0.5, 0.6) is 0 Å². The number of rotatable bonds is 4. The molecule has 1 heteroatoms. The van der Waals surface area contributed by atoms with Crippen LogP contribution in [0.15, 0.2) is 23.8 Å². The first-order chi connectivity index (χ1) is 4.76. The predicted molar refractivity (Wildman–Crippen MR) is 56.7 cm³/mol. The molecule has 0 heterocycles. The van der Waals surface area contributed by atoms with Gasteiger partial charge in [-0.15, -0.1) is 0 Å². The first kappa shape index (κ1) is 10.2. The van der Waals surface area contributed by atoms with Gasteiger partial charge in [0.2, 0.25) is 0 Å². The third-order valence-electron chi connectivity index (χ3n) is 1.58. The highest BCUT2D eigenvalue weighted by Gasteiger charge is 1.95. The van der Waals surface area contributed by atoms with Crippen molar-refractivity contribution >= 4 is 22.6 Å². The molecule has 58 valence electrons. The number of alkyl halides is 1. The van der Waals surface area contributed by atoms with Gasteiger partial charge in [-0.2, -0.15) is 0 Å². The van der Waals surface area contributed by atoms with Gasteiger partial charge in [0.15, 0.2) is 0 Å². The van der Waals surface area contributed by atoms with Gasteiger partial charge in [0.25, 0.3) is 0 Å². The van der Waals surface area contributed by atoms with Crippen LogP contribution in [-0.2, 0) is 0 Å². The van der Waals surface area contributed by atoms with E-state index >= 15 is 0 Å². The minimum absolute atomic E-state index is 1.14. The Balaban J connectivity index is 4.13. The SMILES string of the molecule is C=C/C(C)=C(/CI)CCC. The molecule has 0 radical (unpaired) electrons. The molecule has 0 unspecified atom stereocenters. The van der Waals surface area contributed by atoms with Crippen LogP contribution >= 0.6 is 22.6 Å². The fourth-order valence-electron chi connectivity index (χ4n) is 0.815. The molecule has 0 N–H and O–H groups in total. The summed E-state index contributed by atoms with van der Waals surface area (Å²) in [6, 6.07) is 0. The molecule has 0 rings (SSSR count). The molecule has 10 heavy (non-hydrogen) atoms. The molecule has 0 aliphatic rings. The predicted octanol–water partition coefficient (Wildman–Crippen LogP) is 3.72. The number of hydrogen-bond acceptors (Lipinski definition) is 0. The van der Waals surface area contributed by atoms with Crippen molar-refractivity contribution in [2.75, 3.05) is 4.43 Å². The van der Waals surface area contributed by atoms with Gasteiger partial charge in [0.05, 0.1) is 0 Å². The van der Waals surface area contributed by atoms with Crippen LogP contribution in [0.3, 0.4) is 0 Å². The number of hydrogen-bond donors (Lipinski definition) is 0. The van der Waals surface area contributed by atoms with E-state index in [0.29, 0.717) is 0 Å². The fourth-order valence-corrected chi connectivity index (χ4v) is 1.80. The molecule has 0 saturated carbocycles. The summed E-state index contributed by atoms with van der Waals surface area (Å²) in [6.07, 6.45) is 4.41. The lowest BCUT2D eigenvalue weighted by molar-refractivity contribution is 0.902. The van der Waals surface area contributed by atoms with Crippen molar-refractivity contribution in [3.8, 4) is 0 Å². The summed E-state index contributed by atoms with van der Waals surface area (Å²) in [4.78, 5) is 0.